The Kier molecular flexibility index (Phi) is 20.0. The van der Waals surface area contributed by atoms with E-state index in [2.05, 4.69) is 273 Å². The Morgan fingerprint density at radius 1 is 0.120 bits per heavy atom. The van der Waals surface area contributed by atoms with Crippen LogP contribution < -0.4 is 0 Å². The van der Waals surface area contributed by atoms with E-state index in [1.54, 1.807) is 0 Å². The van der Waals surface area contributed by atoms with Gasteiger partial charge in [0.1, 0.15) is 33.5 Å². The van der Waals surface area contributed by atoms with Crippen LogP contribution in [0.3, 0.4) is 0 Å². The molecule has 0 bridgehead atoms. The van der Waals surface area contributed by atoms with Crippen LogP contribution in [-0.2, 0) is 0 Å². The van der Waals surface area contributed by atoms with Gasteiger partial charge in [0.2, 0.25) is 0 Å². The minimum atomic E-state index is 0.635. The van der Waals surface area contributed by atoms with Gasteiger partial charge in [0.15, 0.2) is 52.4 Å². The van der Waals surface area contributed by atoms with Gasteiger partial charge in [-0.2, -0.15) is 0 Å². The van der Waals surface area contributed by atoms with Crippen molar-refractivity contribution in [1.29, 1.82) is 0 Å². The quantitative estimate of drug-likeness (QED) is 0.108. The van der Waals surface area contributed by atoms with E-state index in [1.807, 2.05) is 182 Å². The first kappa shape index (κ1) is 78.4. The Morgan fingerprint density at radius 3 is 0.744 bits per heavy atom. The highest BCUT2D eigenvalue weighted by Gasteiger charge is 2.22. The molecule has 12 nitrogen and oxygen atoms in total. The highest BCUT2D eigenvalue weighted by Crippen LogP contribution is 2.44. The molecule has 0 fully saturated rings. The molecule has 6 heterocycles. The summed E-state index contributed by atoms with van der Waals surface area (Å²) in [5.41, 5.74) is 23.1. The van der Waals surface area contributed by atoms with Crippen molar-refractivity contribution in [3.8, 4) is 147 Å². The van der Waals surface area contributed by atoms with E-state index in [-0.39, 0.29) is 0 Å². The highest BCUT2D eigenvalue weighted by molar-refractivity contribution is 6.16. The number of furan rings is 3. The van der Waals surface area contributed by atoms with Gasteiger partial charge in [0.05, 0.1) is 0 Å². The molecular formula is C121H75N9O3. The Hall–Kier alpha value is -18.1. The summed E-state index contributed by atoms with van der Waals surface area (Å²) in [7, 11) is 0. The average Bonchev–Trinajstić information content (AvgIpc) is 1.65. The van der Waals surface area contributed by atoms with Gasteiger partial charge in [-0.1, -0.05) is 382 Å². The average molecular weight is 1700 g/mol. The highest BCUT2D eigenvalue weighted by atomic mass is 16.3. The number of hydrogen-bond acceptors (Lipinski definition) is 12. The largest absolute Gasteiger partial charge is 0.456 e. The molecule has 0 aliphatic carbocycles. The predicted octanol–water partition coefficient (Wildman–Crippen LogP) is 31.6. The molecule has 0 spiro atoms. The smallest absolute Gasteiger partial charge is 0.164 e. The molecule has 20 aromatic carbocycles. The van der Waals surface area contributed by atoms with E-state index in [0.29, 0.717) is 52.4 Å². The maximum absolute atomic E-state index is 6.18. The first-order valence-electron chi connectivity index (χ1n) is 44.3. The van der Waals surface area contributed by atoms with E-state index < -0.39 is 0 Å². The van der Waals surface area contributed by atoms with Crippen molar-refractivity contribution in [1.82, 2.24) is 44.9 Å². The first-order chi connectivity index (χ1) is 65.8. The Morgan fingerprint density at radius 2 is 0.353 bits per heavy atom. The molecule has 26 aromatic rings. The zero-order chi connectivity index (χ0) is 88.1. The minimum absolute atomic E-state index is 0.635. The topological polar surface area (TPSA) is 155 Å². The predicted molar refractivity (Wildman–Crippen MR) is 542 cm³/mol. The number of rotatable bonds is 13. The third-order valence-corrected chi connectivity index (χ3v) is 24.8. The number of nitrogens with zero attached hydrogens (tertiary/aromatic N) is 9. The van der Waals surface area contributed by atoms with Crippen LogP contribution >= 0.6 is 0 Å². The maximum Gasteiger partial charge on any atom is 0.164 e. The zero-order valence-corrected chi connectivity index (χ0v) is 71.6. The van der Waals surface area contributed by atoms with E-state index in [4.69, 9.17) is 58.1 Å². The molecule has 0 amide bonds. The van der Waals surface area contributed by atoms with Crippen molar-refractivity contribution < 1.29 is 13.3 Å². The van der Waals surface area contributed by atoms with E-state index >= 15 is 0 Å². The summed E-state index contributed by atoms with van der Waals surface area (Å²) in [5, 5.41) is 15.8. The standard InChI is InChI=1S/C43H27N3O.C41H25N3O.C37H23N3O/c1-3-10-28(11-4-1)29-18-22-32(23-19-29)42-44-41(31-12-5-2-6-13-31)45-43(46-42)34-25-21-30-20-24-33(26-35(30)27-34)36-15-9-17-39-40(36)37-14-7-8-16-38(37)47-39;1-2-11-27(12-3-1)39-42-40(31-21-20-26-10-4-5-13-28(26)24-31)44-41(43-39)34-17-8-14-29-25-30(22-23-32(29)34)33-16-9-19-37-38(33)35-15-6-7-18-36(35)45-37;1-3-10-25(11-4-1)35-38-36(26-12-5-2-6-13-26)40-37(39-35)28-21-19-24-18-20-27(22-29(24)23-28)30-15-9-17-33-34(30)31-14-7-8-16-32(31)41-33/h1-27H;1-25H;1-23H. The molecule has 26 rings (SSSR count). The van der Waals surface area contributed by atoms with Gasteiger partial charge >= 0.3 is 0 Å². The SMILES string of the molecule is c1ccc(-c2ccc(-c3nc(-c4ccccc4)nc(-c4ccc5ccc(-c6cccc7oc8ccccc8c67)cc5c4)n3)cc2)cc1.c1ccc(-c2nc(-c3ccc4ccccc4c3)nc(-c3cccc4cc(-c5cccc6oc7ccccc7c56)ccc34)n2)cc1.c1ccc(-c2nc(-c3ccccc3)nc(-c3ccc4ccc(-c5cccc6oc7ccccc7c56)cc4c3)n2)cc1. The Labute approximate surface area is 763 Å². The third-order valence-electron chi connectivity index (χ3n) is 24.8. The van der Waals surface area contributed by atoms with E-state index in [9.17, 15) is 0 Å². The number of hydrogen-bond donors (Lipinski definition) is 0. The summed E-state index contributed by atoms with van der Waals surface area (Å²) in [6.45, 7) is 0. The molecule has 0 saturated heterocycles. The lowest BCUT2D eigenvalue weighted by molar-refractivity contribution is 0.668. The van der Waals surface area contributed by atoms with Crippen molar-refractivity contribution in [2.24, 2.45) is 0 Å². The number of fused-ring (bicyclic) bond motifs is 13. The molecule has 0 N–H and O–H groups in total. The molecule has 0 aliphatic rings. The molecule has 6 aromatic heterocycles. The van der Waals surface area contributed by atoms with Gasteiger partial charge in [0, 0.05) is 82.4 Å². The van der Waals surface area contributed by atoms with E-state index in [1.165, 1.54) is 10.9 Å². The van der Waals surface area contributed by atoms with Crippen LogP contribution in [0.25, 0.3) is 256 Å². The zero-order valence-electron chi connectivity index (χ0n) is 71.6. The summed E-state index contributed by atoms with van der Waals surface area (Å²) < 4.78 is 18.5. The van der Waals surface area contributed by atoms with Crippen LogP contribution in [0.5, 0.6) is 0 Å². The lowest BCUT2D eigenvalue weighted by atomic mass is 9.95. The summed E-state index contributed by atoms with van der Waals surface area (Å²) in [4.78, 5) is 44.7. The van der Waals surface area contributed by atoms with Gasteiger partial charge in [-0.15, -0.1) is 0 Å². The number of benzene rings is 20. The second kappa shape index (κ2) is 33.9. The fourth-order valence-electron chi connectivity index (χ4n) is 18.2. The van der Waals surface area contributed by atoms with Gasteiger partial charge in [-0.05, 0) is 160 Å². The molecular weight excluding hydrogens is 1630 g/mol. The summed E-state index contributed by atoms with van der Waals surface area (Å²) in [5.74, 6) is 5.82. The van der Waals surface area contributed by atoms with Crippen LogP contribution in [0.2, 0.25) is 0 Å². The van der Waals surface area contributed by atoms with Crippen LogP contribution in [0.1, 0.15) is 0 Å². The lowest BCUT2D eigenvalue weighted by Gasteiger charge is -2.12. The molecule has 0 aliphatic heterocycles. The first-order valence-corrected chi connectivity index (χ1v) is 44.3. The van der Waals surface area contributed by atoms with Crippen molar-refractivity contribution >= 4 is 109 Å². The van der Waals surface area contributed by atoms with Crippen molar-refractivity contribution in [3.05, 3.63) is 455 Å². The van der Waals surface area contributed by atoms with Crippen LogP contribution in [0.15, 0.2) is 468 Å². The van der Waals surface area contributed by atoms with Gasteiger partial charge in [-0.25, -0.2) is 44.9 Å². The molecule has 12 heteroatoms. The van der Waals surface area contributed by atoms with Crippen molar-refractivity contribution in [2.75, 3.05) is 0 Å². The van der Waals surface area contributed by atoms with Gasteiger partial charge in [-0.3, -0.25) is 0 Å². The molecule has 0 saturated carbocycles. The van der Waals surface area contributed by atoms with Crippen molar-refractivity contribution in [2.45, 2.75) is 0 Å². The molecule has 0 unspecified atom stereocenters. The number of para-hydroxylation sites is 3. The van der Waals surface area contributed by atoms with Crippen LogP contribution in [-0.4, -0.2) is 44.9 Å². The molecule has 622 valence electrons. The molecule has 133 heavy (non-hydrogen) atoms. The monoisotopic (exact) mass is 1700 g/mol. The van der Waals surface area contributed by atoms with Crippen molar-refractivity contribution in [3.63, 3.8) is 0 Å². The second-order valence-electron chi connectivity index (χ2n) is 33.0. The van der Waals surface area contributed by atoms with Gasteiger partial charge in [0.25, 0.3) is 0 Å². The summed E-state index contributed by atoms with van der Waals surface area (Å²) in [6.07, 6.45) is 0. The molecule has 0 atom stereocenters. The Balaban J connectivity index is 0.000000110. The second-order valence-corrected chi connectivity index (χ2v) is 33.0. The summed E-state index contributed by atoms with van der Waals surface area (Å²) in [6, 6.07) is 156. The van der Waals surface area contributed by atoms with Crippen LogP contribution in [0, 0.1) is 0 Å². The van der Waals surface area contributed by atoms with Gasteiger partial charge < -0.3 is 13.3 Å². The van der Waals surface area contributed by atoms with Crippen LogP contribution in [0.4, 0.5) is 0 Å². The minimum Gasteiger partial charge on any atom is -0.456 e. The third kappa shape index (κ3) is 15.2. The lowest BCUT2D eigenvalue weighted by Crippen LogP contribution is -2.00. The fourth-order valence-corrected chi connectivity index (χ4v) is 18.2. The normalized spacial score (nSPS) is 11.5. The summed E-state index contributed by atoms with van der Waals surface area (Å²) >= 11 is 0. The number of aromatic nitrogens is 9. The molecule has 0 radical (unpaired) electrons. The maximum atomic E-state index is 6.18. The van der Waals surface area contributed by atoms with E-state index in [0.717, 1.165) is 193 Å². The Bertz CT molecular complexity index is 8900. The fraction of sp³-hybridized carbons (Fsp3) is 0.